The lowest BCUT2D eigenvalue weighted by molar-refractivity contribution is -0.116. The molecular formula is C21H24N4O2. The summed E-state index contributed by atoms with van der Waals surface area (Å²) in [4.78, 5) is 18.6. The zero-order valence-electron chi connectivity index (χ0n) is 15.4. The molecule has 2 aromatic heterocycles. The van der Waals surface area contributed by atoms with Crippen LogP contribution in [-0.2, 0) is 24.2 Å². The van der Waals surface area contributed by atoms with Gasteiger partial charge in [-0.3, -0.25) is 9.69 Å². The van der Waals surface area contributed by atoms with Gasteiger partial charge < -0.3 is 9.40 Å². The molecule has 0 atom stereocenters. The Morgan fingerprint density at radius 3 is 2.85 bits per heavy atom. The molecular weight excluding hydrogens is 340 g/mol. The van der Waals surface area contributed by atoms with Gasteiger partial charge in [0.15, 0.2) is 5.76 Å². The first kappa shape index (κ1) is 16.6. The lowest BCUT2D eigenvalue weighted by atomic mass is 9.94. The van der Waals surface area contributed by atoms with Crippen molar-refractivity contribution in [3.8, 4) is 0 Å². The molecule has 6 heteroatoms. The molecule has 140 valence electrons. The summed E-state index contributed by atoms with van der Waals surface area (Å²) >= 11 is 0. The van der Waals surface area contributed by atoms with Crippen molar-refractivity contribution in [1.29, 1.82) is 0 Å². The van der Waals surface area contributed by atoms with E-state index in [1.807, 2.05) is 18.2 Å². The summed E-state index contributed by atoms with van der Waals surface area (Å²) in [6.07, 6.45) is 10.8. The van der Waals surface area contributed by atoms with Crippen molar-refractivity contribution in [2.24, 2.45) is 5.10 Å². The fourth-order valence-corrected chi connectivity index (χ4v) is 4.46. The third-order valence-corrected chi connectivity index (χ3v) is 5.84. The van der Waals surface area contributed by atoms with E-state index in [0.29, 0.717) is 17.0 Å². The van der Waals surface area contributed by atoms with Crippen LogP contribution in [0.2, 0.25) is 0 Å². The highest BCUT2D eigenvalue weighted by Gasteiger charge is 2.28. The summed E-state index contributed by atoms with van der Waals surface area (Å²) in [5.41, 5.74) is 8.94. The van der Waals surface area contributed by atoms with Gasteiger partial charge in [-0.1, -0.05) is 0 Å². The van der Waals surface area contributed by atoms with Crippen LogP contribution in [0.25, 0.3) is 6.08 Å². The van der Waals surface area contributed by atoms with Gasteiger partial charge in [-0.15, -0.1) is 0 Å². The molecule has 1 saturated heterocycles. The van der Waals surface area contributed by atoms with Crippen LogP contribution in [0, 0.1) is 0 Å². The molecule has 2 N–H and O–H groups in total. The molecule has 0 unspecified atom stereocenters. The maximum Gasteiger partial charge on any atom is 0.273 e. The van der Waals surface area contributed by atoms with Crippen molar-refractivity contribution in [1.82, 2.24) is 15.3 Å². The Morgan fingerprint density at radius 2 is 2.04 bits per heavy atom. The fourth-order valence-electron chi connectivity index (χ4n) is 4.46. The molecule has 0 radical (unpaired) electrons. The van der Waals surface area contributed by atoms with Crippen LogP contribution < -0.4 is 5.43 Å². The normalized spacial score (nSPS) is 21.6. The SMILES string of the molecule is O=C1NN=C(c2ccco2)C1=Cc1[nH]c2c(c1CN1CCCC1)CCCC2. The van der Waals surface area contributed by atoms with Gasteiger partial charge in [-0.2, -0.15) is 5.10 Å². The predicted octanol–water partition coefficient (Wildman–Crippen LogP) is 3.00. The number of hydrogen-bond donors (Lipinski definition) is 2. The Balaban J connectivity index is 1.55. The number of carbonyl (C=O) groups is 1. The fraction of sp³-hybridized carbons (Fsp3) is 0.429. The number of likely N-dealkylation sites (tertiary alicyclic amines) is 1. The Morgan fingerprint density at radius 1 is 1.19 bits per heavy atom. The van der Waals surface area contributed by atoms with Crippen LogP contribution in [0.5, 0.6) is 0 Å². The van der Waals surface area contributed by atoms with Gasteiger partial charge in [0.1, 0.15) is 5.71 Å². The molecule has 27 heavy (non-hydrogen) atoms. The highest BCUT2D eigenvalue weighted by molar-refractivity contribution is 6.32. The van der Waals surface area contributed by atoms with Crippen molar-refractivity contribution in [3.05, 3.63) is 52.2 Å². The Bertz CT molecular complexity index is 914. The minimum absolute atomic E-state index is 0.180. The number of amides is 1. The van der Waals surface area contributed by atoms with Crippen molar-refractivity contribution in [2.75, 3.05) is 13.1 Å². The van der Waals surface area contributed by atoms with E-state index in [4.69, 9.17) is 4.42 Å². The minimum Gasteiger partial charge on any atom is -0.463 e. The molecule has 1 fully saturated rings. The average Bonchev–Trinajstić information content (AvgIpc) is 3.46. The summed E-state index contributed by atoms with van der Waals surface area (Å²) in [5.74, 6) is 0.429. The maximum atomic E-state index is 12.4. The number of nitrogens with zero attached hydrogens (tertiary/aromatic N) is 2. The molecule has 2 aromatic rings. The van der Waals surface area contributed by atoms with Crippen LogP contribution >= 0.6 is 0 Å². The highest BCUT2D eigenvalue weighted by Crippen LogP contribution is 2.31. The van der Waals surface area contributed by atoms with E-state index >= 15 is 0 Å². The average molecular weight is 364 g/mol. The van der Waals surface area contributed by atoms with Gasteiger partial charge in [0, 0.05) is 17.9 Å². The molecule has 1 aliphatic carbocycles. The van der Waals surface area contributed by atoms with E-state index in [9.17, 15) is 4.79 Å². The molecule has 0 aromatic carbocycles. The van der Waals surface area contributed by atoms with Crippen LogP contribution in [0.3, 0.4) is 0 Å². The number of carbonyl (C=O) groups excluding carboxylic acids is 1. The number of rotatable bonds is 4. The summed E-state index contributed by atoms with van der Waals surface area (Å²) in [7, 11) is 0. The Kier molecular flexibility index (Phi) is 4.20. The molecule has 5 rings (SSSR count). The van der Waals surface area contributed by atoms with Crippen LogP contribution in [0.15, 0.2) is 33.5 Å². The van der Waals surface area contributed by atoms with Gasteiger partial charge in [-0.05, 0) is 81.0 Å². The second kappa shape index (κ2) is 6.85. The second-order valence-corrected chi connectivity index (χ2v) is 7.60. The van der Waals surface area contributed by atoms with Crippen LogP contribution in [-0.4, -0.2) is 34.6 Å². The van der Waals surface area contributed by atoms with E-state index in [2.05, 4.69) is 20.4 Å². The Labute approximate surface area is 158 Å². The Hall–Kier alpha value is -2.60. The largest absolute Gasteiger partial charge is 0.463 e. The summed E-state index contributed by atoms with van der Waals surface area (Å²) in [6, 6.07) is 3.64. The molecule has 3 aliphatic rings. The van der Waals surface area contributed by atoms with Crippen molar-refractivity contribution in [2.45, 2.75) is 45.1 Å². The molecule has 1 amide bonds. The van der Waals surface area contributed by atoms with Gasteiger partial charge in [0.05, 0.1) is 11.8 Å². The van der Waals surface area contributed by atoms with E-state index in [-0.39, 0.29) is 5.91 Å². The van der Waals surface area contributed by atoms with Crippen molar-refractivity contribution < 1.29 is 9.21 Å². The molecule has 0 bridgehead atoms. The second-order valence-electron chi connectivity index (χ2n) is 7.60. The topological polar surface area (TPSA) is 73.6 Å². The van der Waals surface area contributed by atoms with E-state index in [0.717, 1.165) is 38.2 Å². The van der Waals surface area contributed by atoms with Crippen LogP contribution in [0.4, 0.5) is 0 Å². The number of H-pyrrole nitrogens is 1. The number of hydrazone groups is 1. The first-order valence-corrected chi connectivity index (χ1v) is 9.88. The third kappa shape index (κ3) is 3.04. The molecule has 0 spiro atoms. The minimum atomic E-state index is -0.180. The molecule has 4 heterocycles. The predicted molar refractivity (Wildman–Crippen MR) is 103 cm³/mol. The van der Waals surface area contributed by atoms with Crippen molar-refractivity contribution in [3.63, 3.8) is 0 Å². The summed E-state index contributed by atoms with van der Waals surface area (Å²) < 4.78 is 5.47. The number of aryl methyl sites for hydroxylation is 1. The maximum absolute atomic E-state index is 12.4. The molecule has 6 nitrogen and oxygen atoms in total. The van der Waals surface area contributed by atoms with Crippen LogP contribution in [0.1, 0.15) is 54.0 Å². The summed E-state index contributed by atoms with van der Waals surface area (Å²) in [5, 5.41) is 4.18. The molecule has 2 aliphatic heterocycles. The van der Waals surface area contributed by atoms with E-state index in [1.54, 1.807) is 6.26 Å². The van der Waals surface area contributed by atoms with Gasteiger partial charge in [0.2, 0.25) is 0 Å². The first-order chi connectivity index (χ1) is 13.3. The first-order valence-electron chi connectivity index (χ1n) is 9.88. The standard InChI is InChI=1S/C21H24N4O2/c26-21-15(20(23-24-21)19-8-5-11-27-19)12-18-16(13-25-9-3-4-10-25)14-6-1-2-7-17(14)22-18/h5,8,11-12,22H,1-4,6-7,9-10,13H2,(H,24,26). The number of furan rings is 1. The quantitative estimate of drug-likeness (QED) is 0.819. The zero-order chi connectivity index (χ0) is 18.2. The number of aromatic amines is 1. The number of fused-ring (bicyclic) bond motifs is 1. The lowest BCUT2D eigenvalue weighted by Gasteiger charge is -2.18. The monoisotopic (exact) mass is 364 g/mol. The number of aromatic nitrogens is 1. The number of nitrogens with one attached hydrogen (secondary N) is 2. The smallest absolute Gasteiger partial charge is 0.273 e. The van der Waals surface area contributed by atoms with E-state index in [1.165, 1.54) is 42.5 Å². The highest BCUT2D eigenvalue weighted by atomic mass is 16.3. The third-order valence-electron chi connectivity index (χ3n) is 5.84. The van der Waals surface area contributed by atoms with Gasteiger partial charge in [-0.25, -0.2) is 5.43 Å². The number of hydrogen-bond acceptors (Lipinski definition) is 4. The zero-order valence-corrected chi connectivity index (χ0v) is 15.4. The van der Waals surface area contributed by atoms with Gasteiger partial charge in [0.25, 0.3) is 5.91 Å². The van der Waals surface area contributed by atoms with E-state index < -0.39 is 0 Å². The lowest BCUT2D eigenvalue weighted by Crippen LogP contribution is -2.20. The van der Waals surface area contributed by atoms with Gasteiger partial charge >= 0.3 is 0 Å². The van der Waals surface area contributed by atoms with Crippen molar-refractivity contribution >= 4 is 17.7 Å². The summed E-state index contributed by atoms with van der Waals surface area (Å²) in [6.45, 7) is 3.28. The molecule has 0 saturated carbocycles.